The highest BCUT2D eigenvalue weighted by Crippen LogP contribution is 2.32. The average molecular weight is 545 g/mol. The molecule has 2 N–H and O–H groups in total. The molecular formula is C30H25ClN2O6. The van der Waals surface area contributed by atoms with Crippen molar-refractivity contribution in [2.75, 3.05) is 0 Å². The van der Waals surface area contributed by atoms with Crippen LogP contribution in [0.25, 0.3) is 21.9 Å². The first kappa shape index (κ1) is 26.1. The summed E-state index contributed by atoms with van der Waals surface area (Å²) in [6.07, 6.45) is 1.13. The molecule has 3 aromatic carbocycles. The third-order valence-corrected chi connectivity index (χ3v) is 6.90. The summed E-state index contributed by atoms with van der Waals surface area (Å²) in [7, 11) is 0. The van der Waals surface area contributed by atoms with Gasteiger partial charge in [0, 0.05) is 40.5 Å². The molecule has 0 fully saturated rings. The number of hydrogen-bond donors (Lipinski definition) is 2. The molecule has 0 saturated heterocycles. The number of aromatic amines is 1. The van der Waals surface area contributed by atoms with Gasteiger partial charge < -0.3 is 24.2 Å². The van der Waals surface area contributed by atoms with Crippen molar-refractivity contribution < 1.29 is 23.5 Å². The largest absolute Gasteiger partial charge is 0.445 e. The molecule has 1 atom stereocenters. The van der Waals surface area contributed by atoms with Crippen LogP contribution in [-0.2, 0) is 22.6 Å². The van der Waals surface area contributed by atoms with Crippen LogP contribution in [0.1, 0.15) is 22.3 Å². The second kappa shape index (κ2) is 11.0. The van der Waals surface area contributed by atoms with Crippen LogP contribution >= 0.6 is 11.6 Å². The Morgan fingerprint density at radius 3 is 2.54 bits per heavy atom. The van der Waals surface area contributed by atoms with Gasteiger partial charge in [0.15, 0.2) is 5.75 Å². The number of rotatable bonds is 7. The van der Waals surface area contributed by atoms with Crippen molar-refractivity contribution in [2.45, 2.75) is 32.9 Å². The minimum absolute atomic E-state index is 0.00366. The van der Waals surface area contributed by atoms with Crippen molar-refractivity contribution in [1.82, 2.24) is 10.3 Å². The number of hydrogen-bond acceptors (Lipinski definition) is 6. The third-order valence-electron chi connectivity index (χ3n) is 6.61. The minimum atomic E-state index is -1.11. The lowest BCUT2D eigenvalue weighted by Gasteiger charge is -2.18. The highest BCUT2D eigenvalue weighted by Gasteiger charge is 2.26. The molecule has 0 bridgehead atoms. The number of fused-ring (bicyclic) bond motifs is 2. The number of carbonyl (C=O) groups excluding carboxylic acids is 2. The van der Waals surface area contributed by atoms with Crippen LogP contribution in [0.5, 0.6) is 5.75 Å². The second-order valence-electron chi connectivity index (χ2n) is 9.16. The fraction of sp³-hybridized carbons (Fsp3) is 0.167. The lowest BCUT2D eigenvalue weighted by molar-refractivity contribution is -0.136. The van der Waals surface area contributed by atoms with Gasteiger partial charge in [-0.25, -0.2) is 14.4 Å². The Bertz CT molecular complexity index is 1740. The fourth-order valence-corrected chi connectivity index (χ4v) is 4.52. The summed E-state index contributed by atoms with van der Waals surface area (Å²) in [5.41, 5.74) is 3.44. The first-order chi connectivity index (χ1) is 18.8. The van der Waals surface area contributed by atoms with Gasteiger partial charge in [-0.2, -0.15) is 0 Å². The van der Waals surface area contributed by atoms with Gasteiger partial charge in [0.05, 0.1) is 5.02 Å². The smallest absolute Gasteiger partial charge is 0.408 e. The number of amides is 1. The van der Waals surface area contributed by atoms with Crippen molar-refractivity contribution in [3.8, 4) is 5.75 Å². The van der Waals surface area contributed by atoms with E-state index in [-0.39, 0.29) is 29.4 Å². The van der Waals surface area contributed by atoms with E-state index >= 15 is 0 Å². The molecule has 0 radical (unpaired) electrons. The lowest BCUT2D eigenvalue weighted by atomic mass is 10.0. The van der Waals surface area contributed by atoms with Crippen LogP contribution in [0.3, 0.4) is 0 Å². The Hall–Kier alpha value is -4.56. The molecule has 0 aliphatic heterocycles. The molecule has 0 spiro atoms. The van der Waals surface area contributed by atoms with E-state index in [9.17, 15) is 14.4 Å². The van der Waals surface area contributed by atoms with Crippen LogP contribution in [0.15, 0.2) is 82.1 Å². The Morgan fingerprint density at radius 2 is 1.74 bits per heavy atom. The highest BCUT2D eigenvalue weighted by atomic mass is 35.5. The van der Waals surface area contributed by atoms with Gasteiger partial charge in [0.25, 0.3) is 0 Å². The number of nitrogens with one attached hydrogen (secondary N) is 2. The predicted molar refractivity (Wildman–Crippen MR) is 148 cm³/mol. The molecule has 1 amide bonds. The topological polar surface area (TPSA) is 111 Å². The SMILES string of the molecule is Cc1c(C)c2cc(Cl)c(OC(=O)C(Cc3c[nH]c4ccccc34)NC(=O)OCc3ccccc3)cc2oc1=O. The standard InChI is InChI=1S/C30H25ClN2O6/c1-17-18(2)28(34)38-26-14-27(23(31)13-22(17)26)39-29(35)25(12-20-15-32-24-11-7-6-10-21(20)24)33-30(36)37-16-19-8-4-3-5-9-19/h3-11,13-15,25,32H,12,16H2,1-2H3,(H,33,36). The maximum atomic E-state index is 13.4. The van der Waals surface area contributed by atoms with Crippen LogP contribution in [-0.4, -0.2) is 23.1 Å². The molecule has 9 heteroatoms. The summed E-state index contributed by atoms with van der Waals surface area (Å²) < 4.78 is 16.4. The van der Waals surface area contributed by atoms with E-state index in [0.717, 1.165) is 27.6 Å². The number of H-pyrrole nitrogens is 1. The van der Waals surface area contributed by atoms with E-state index in [4.69, 9.17) is 25.5 Å². The third kappa shape index (κ3) is 5.66. The zero-order chi connectivity index (χ0) is 27.5. The van der Waals surface area contributed by atoms with Gasteiger partial charge in [-0.1, -0.05) is 60.1 Å². The van der Waals surface area contributed by atoms with Crippen LogP contribution in [0.2, 0.25) is 5.02 Å². The van der Waals surface area contributed by atoms with E-state index in [2.05, 4.69) is 10.3 Å². The zero-order valence-corrected chi connectivity index (χ0v) is 22.0. The van der Waals surface area contributed by atoms with Gasteiger partial charge in [-0.3, -0.25) is 0 Å². The molecule has 8 nitrogen and oxygen atoms in total. The molecule has 2 heterocycles. The molecular weight excluding hydrogens is 520 g/mol. The van der Waals surface area contributed by atoms with E-state index in [1.807, 2.05) is 54.6 Å². The lowest BCUT2D eigenvalue weighted by Crippen LogP contribution is -2.44. The second-order valence-corrected chi connectivity index (χ2v) is 9.57. The number of ether oxygens (including phenoxy) is 2. The van der Waals surface area contributed by atoms with E-state index in [0.29, 0.717) is 10.9 Å². The average Bonchev–Trinajstić information content (AvgIpc) is 3.34. The van der Waals surface area contributed by atoms with Crippen molar-refractivity contribution in [3.05, 3.63) is 111 Å². The zero-order valence-electron chi connectivity index (χ0n) is 21.2. The Labute approximate surface area is 228 Å². The number of alkyl carbamates (subject to hydrolysis) is 1. The Kier molecular flexibility index (Phi) is 7.38. The fourth-order valence-electron chi connectivity index (χ4n) is 4.32. The number of benzene rings is 3. The number of carbonyl (C=O) groups is 2. The number of aryl methyl sites for hydroxylation is 1. The monoisotopic (exact) mass is 544 g/mol. The van der Waals surface area contributed by atoms with Crippen molar-refractivity contribution in [2.24, 2.45) is 0 Å². The number of esters is 1. The summed E-state index contributed by atoms with van der Waals surface area (Å²) in [6, 6.07) is 18.7. The van der Waals surface area contributed by atoms with Crippen LogP contribution in [0, 0.1) is 13.8 Å². The minimum Gasteiger partial charge on any atom is -0.445 e. The summed E-state index contributed by atoms with van der Waals surface area (Å²) in [5, 5.41) is 4.33. The quantitative estimate of drug-likeness (QED) is 0.148. The molecule has 0 aliphatic rings. The predicted octanol–water partition coefficient (Wildman–Crippen LogP) is 5.99. The number of para-hydroxylation sites is 1. The first-order valence-electron chi connectivity index (χ1n) is 12.3. The van der Waals surface area contributed by atoms with E-state index in [1.54, 1.807) is 26.1 Å². The number of halogens is 1. The summed E-state index contributed by atoms with van der Waals surface area (Å²) in [4.78, 5) is 41.5. The van der Waals surface area contributed by atoms with E-state index in [1.165, 1.54) is 6.07 Å². The number of aromatic nitrogens is 1. The van der Waals surface area contributed by atoms with Gasteiger partial charge >= 0.3 is 17.7 Å². The molecule has 198 valence electrons. The maximum Gasteiger partial charge on any atom is 0.408 e. The normalized spacial score (nSPS) is 11.9. The van der Waals surface area contributed by atoms with Gasteiger partial charge in [-0.05, 0) is 42.7 Å². The van der Waals surface area contributed by atoms with Gasteiger partial charge in [-0.15, -0.1) is 0 Å². The molecule has 39 heavy (non-hydrogen) atoms. The van der Waals surface area contributed by atoms with Crippen LogP contribution in [0.4, 0.5) is 4.79 Å². The van der Waals surface area contributed by atoms with E-state index < -0.39 is 23.7 Å². The van der Waals surface area contributed by atoms with Crippen LogP contribution < -0.4 is 15.7 Å². The van der Waals surface area contributed by atoms with Crippen molar-refractivity contribution in [3.63, 3.8) is 0 Å². The molecule has 1 unspecified atom stereocenters. The molecule has 5 aromatic rings. The molecule has 2 aromatic heterocycles. The maximum absolute atomic E-state index is 13.4. The summed E-state index contributed by atoms with van der Waals surface area (Å²) in [6.45, 7) is 3.49. The first-order valence-corrected chi connectivity index (χ1v) is 12.7. The van der Waals surface area contributed by atoms with Crippen molar-refractivity contribution in [1.29, 1.82) is 0 Å². The highest BCUT2D eigenvalue weighted by molar-refractivity contribution is 6.33. The summed E-state index contributed by atoms with van der Waals surface area (Å²) in [5.74, 6) is -0.756. The Balaban J connectivity index is 1.40. The summed E-state index contributed by atoms with van der Waals surface area (Å²) >= 11 is 6.45. The van der Waals surface area contributed by atoms with Gasteiger partial charge in [0.1, 0.15) is 18.2 Å². The molecule has 0 saturated carbocycles. The molecule has 0 aliphatic carbocycles. The van der Waals surface area contributed by atoms with Crippen molar-refractivity contribution >= 4 is 45.5 Å². The Morgan fingerprint density at radius 1 is 1.00 bits per heavy atom. The van der Waals surface area contributed by atoms with Gasteiger partial charge in [0.2, 0.25) is 0 Å². The molecule has 5 rings (SSSR count).